The van der Waals surface area contributed by atoms with Gasteiger partial charge in [-0.25, -0.2) is 0 Å². The lowest BCUT2D eigenvalue weighted by Gasteiger charge is -2.40. The molecule has 1 saturated heterocycles. The molecule has 72 valence electrons. The summed E-state index contributed by atoms with van der Waals surface area (Å²) in [5.41, 5.74) is 0.250. The van der Waals surface area contributed by atoms with Crippen LogP contribution in [0, 0.1) is 10.8 Å². The van der Waals surface area contributed by atoms with Crippen molar-refractivity contribution < 1.29 is 5.21 Å². The lowest BCUT2D eigenvalue weighted by Crippen LogP contribution is -2.45. The molecule has 1 unspecified atom stereocenters. The Kier molecular flexibility index (Phi) is 1.86. The zero-order chi connectivity index (χ0) is 9.78. The quantitative estimate of drug-likeness (QED) is 0.566. The minimum atomic E-state index is -0.0278. The van der Waals surface area contributed by atoms with Crippen LogP contribution >= 0.6 is 0 Å². The van der Waals surface area contributed by atoms with Crippen LogP contribution in [0.1, 0.15) is 41.5 Å². The third-order valence-corrected chi connectivity index (χ3v) is 3.20. The van der Waals surface area contributed by atoms with Crippen molar-refractivity contribution >= 4 is 0 Å². The van der Waals surface area contributed by atoms with Crippen molar-refractivity contribution in [2.24, 2.45) is 10.8 Å². The van der Waals surface area contributed by atoms with Crippen molar-refractivity contribution in [3.8, 4) is 0 Å². The fourth-order valence-corrected chi connectivity index (χ4v) is 2.56. The maximum atomic E-state index is 9.58. The van der Waals surface area contributed by atoms with Gasteiger partial charge in [-0.05, 0) is 10.8 Å². The lowest BCUT2D eigenvalue weighted by molar-refractivity contribution is -0.0696. The number of nitrogens with zero attached hydrogens (tertiary/aromatic N) is 1. The Morgan fingerprint density at radius 3 is 1.25 bits per heavy atom. The van der Waals surface area contributed by atoms with E-state index in [2.05, 4.69) is 41.5 Å². The van der Waals surface area contributed by atoms with Crippen molar-refractivity contribution in [1.82, 2.24) is 5.06 Å². The molecule has 1 atom stereocenters. The van der Waals surface area contributed by atoms with E-state index in [0.29, 0.717) is 0 Å². The van der Waals surface area contributed by atoms with Gasteiger partial charge in [0.15, 0.2) is 0 Å². The molecular formula is C10H21NO. The fourth-order valence-electron chi connectivity index (χ4n) is 2.56. The van der Waals surface area contributed by atoms with Crippen molar-refractivity contribution in [2.75, 3.05) is 6.54 Å². The van der Waals surface area contributed by atoms with E-state index >= 15 is 0 Å². The molecule has 1 aliphatic heterocycles. The summed E-state index contributed by atoms with van der Waals surface area (Å²) in [4.78, 5) is 0. The van der Waals surface area contributed by atoms with Crippen LogP contribution in [0.4, 0.5) is 0 Å². The molecule has 0 amide bonds. The molecule has 1 N–H and O–H groups in total. The molecular weight excluding hydrogens is 150 g/mol. The zero-order valence-corrected chi connectivity index (χ0v) is 9.10. The minimum Gasteiger partial charge on any atom is -0.313 e. The summed E-state index contributed by atoms with van der Waals surface area (Å²) in [5, 5.41) is 11.1. The van der Waals surface area contributed by atoms with E-state index in [4.69, 9.17) is 0 Å². The molecule has 0 spiro atoms. The highest BCUT2D eigenvalue weighted by molar-refractivity contribution is 5.16. The summed E-state index contributed by atoms with van der Waals surface area (Å²) in [5.74, 6) is 0. The van der Waals surface area contributed by atoms with Crippen LogP contribution in [0.5, 0.6) is 0 Å². The summed E-state index contributed by atoms with van der Waals surface area (Å²) < 4.78 is 0. The van der Waals surface area contributed by atoms with E-state index < -0.39 is 0 Å². The van der Waals surface area contributed by atoms with Crippen molar-refractivity contribution in [3.63, 3.8) is 0 Å². The first-order chi connectivity index (χ1) is 5.13. The predicted molar refractivity (Wildman–Crippen MR) is 50.1 cm³/mol. The number of rotatable bonds is 0. The van der Waals surface area contributed by atoms with E-state index in [1.54, 1.807) is 0 Å². The second-order valence-electron chi connectivity index (χ2n) is 5.92. The topological polar surface area (TPSA) is 23.2 Å². The molecule has 1 heterocycles. The third-order valence-electron chi connectivity index (χ3n) is 3.20. The normalized spacial score (nSPS) is 28.8. The molecule has 1 aliphatic rings. The van der Waals surface area contributed by atoms with Crippen LogP contribution in [0.2, 0.25) is 0 Å². The molecule has 1 fully saturated rings. The van der Waals surface area contributed by atoms with Gasteiger partial charge in [0.1, 0.15) is 0 Å². The Morgan fingerprint density at radius 2 is 1.25 bits per heavy atom. The second-order valence-corrected chi connectivity index (χ2v) is 5.92. The first-order valence-electron chi connectivity index (χ1n) is 4.59. The molecule has 12 heavy (non-hydrogen) atoms. The molecule has 2 nitrogen and oxygen atoms in total. The summed E-state index contributed by atoms with van der Waals surface area (Å²) in [6.45, 7) is 13.9. The van der Waals surface area contributed by atoms with E-state index in [9.17, 15) is 5.21 Å². The van der Waals surface area contributed by atoms with E-state index in [1.807, 2.05) is 0 Å². The van der Waals surface area contributed by atoms with Gasteiger partial charge in [-0.1, -0.05) is 41.5 Å². The average Bonchev–Trinajstić information content (AvgIpc) is 2.36. The molecule has 0 aliphatic carbocycles. The van der Waals surface area contributed by atoms with Crippen LogP contribution in [-0.4, -0.2) is 22.4 Å². The van der Waals surface area contributed by atoms with Gasteiger partial charge >= 0.3 is 0 Å². The Hall–Kier alpha value is -0.0800. The van der Waals surface area contributed by atoms with E-state index in [1.165, 1.54) is 5.06 Å². The Balaban J connectivity index is 2.96. The van der Waals surface area contributed by atoms with Crippen LogP contribution < -0.4 is 0 Å². The SMILES string of the molecule is CC(C)(C)C1(C(C)(C)C)CN1O. The highest BCUT2D eigenvalue weighted by atomic mass is 16.5. The maximum absolute atomic E-state index is 9.58. The third kappa shape index (κ3) is 1.09. The first kappa shape index (κ1) is 10.0. The van der Waals surface area contributed by atoms with E-state index in [-0.39, 0.29) is 16.4 Å². The van der Waals surface area contributed by atoms with Gasteiger partial charge in [-0.3, -0.25) is 0 Å². The summed E-state index contributed by atoms with van der Waals surface area (Å²) in [7, 11) is 0. The fraction of sp³-hybridized carbons (Fsp3) is 1.00. The van der Waals surface area contributed by atoms with Gasteiger partial charge in [0, 0.05) is 6.54 Å². The lowest BCUT2D eigenvalue weighted by atomic mass is 9.66. The number of hydroxylamine groups is 2. The summed E-state index contributed by atoms with van der Waals surface area (Å²) in [6, 6.07) is 0. The van der Waals surface area contributed by atoms with Gasteiger partial charge < -0.3 is 5.21 Å². The molecule has 2 heteroatoms. The Bertz CT molecular complexity index is 171. The van der Waals surface area contributed by atoms with Crippen LogP contribution in [0.3, 0.4) is 0 Å². The maximum Gasteiger partial charge on any atom is 0.0707 e. The molecule has 1 rings (SSSR count). The number of hydrogen-bond donors (Lipinski definition) is 1. The Morgan fingerprint density at radius 1 is 1.00 bits per heavy atom. The second kappa shape index (κ2) is 2.24. The van der Waals surface area contributed by atoms with Crippen molar-refractivity contribution in [1.29, 1.82) is 0 Å². The Labute approximate surface area is 75.5 Å². The highest BCUT2D eigenvalue weighted by Gasteiger charge is 2.65. The molecule has 0 radical (unpaired) electrons. The zero-order valence-electron chi connectivity index (χ0n) is 9.10. The van der Waals surface area contributed by atoms with Crippen LogP contribution in [0.15, 0.2) is 0 Å². The standard InChI is InChI=1S/C10H21NO/c1-8(2,3)10(7-11(10)12)9(4,5)6/h12H,7H2,1-6H3. The van der Waals surface area contributed by atoms with Crippen LogP contribution in [0.25, 0.3) is 0 Å². The smallest absolute Gasteiger partial charge is 0.0707 e. The molecule has 0 aromatic carbocycles. The van der Waals surface area contributed by atoms with Gasteiger partial charge in [0.05, 0.1) is 5.54 Å². The molecule has 0 bridgehead atoms. The van der Waals surface area contributed by atoms with Gasteiger partial charge in [0.2, 0.25) is 0 Å². The van der Waals surface area contributed by atoms with Crippen LogP contribution in [-0.2, 0) is 0 Å². The minimum absolute atomic E-state index is 0.0278. The van der Waals surface area contributed by atoms with Gasteiger partial charge in [-0.2, -0.15) is 5.06 Å². The summed E-state index contributed by atoms with van der Waals surface area (Å²) in [6.07, 6.45) is 0. The average molecular weight is 171 g/mol. The monoisotopic (exact) mass is 171 g/mol. The first-order valence-corrected chi connectivity index (χ1v) is 4.59. The molecule has 0 aromatic rings. The number of hydrogen-bond acceptors (Lipinski definition) is 2. The largest absolute Gasteiger partial charge is 0.313 e. The van der Waals surface area contributed by atoms with Gasteiger partial charge in [0.25, 0.3) is 0 Å². The van der Waals surface area contributed by atoms with Crippen molar-refractivity contribution in [2.45, 2.75) is 47.1 Å². The predicted octanol–water partition coefficient (Wildman–Crippen LogP) is 2.52. The molecule has 0 aromatic heterocycles. The van der Waals surface area contributed by atoms with Gasteiger partial charge in [-0.15, -0.1) is 0 Å². The van der Waals surface area contributed by atoms with E-state index in [0.717, 1.165) is 6.54 Å². The van der Waals surface area contributed by atoms with Crippen molar-refractivity contribution in [3.05, 3.63) is 0 Å². The highest BCUT2D eigenvalue weighted by Crippen LogP contribution is 2.56. The molecule has 0 saturated carbocycles. The summed E-state index contributed by atoms with van der Waals surface area (Å²) >= 11 is 0.